The molecule has 2 aromatic rings. The lowest BCUT2D eigenvalue weighted by molar-refractivity contribution is -0.116. The minimum absolute atomic E-state index is 0.103. The Bertz CT molecular complexity index is 914. The van der Waals surface area contributed by atoms with Crippen molar-refractivity contribution in [3.63, 3.8) is 0 Å². The second-order valence-corrected chi connectivity index (χ2v) is 9.40. The number of halogens is 1. The Labute approximate surface area is 156 Å². The third-order valence-corrected chi connectivity index (χ3v) is 6.56. The minimum Gasteiger partial charge on any atom is -0.310 e. The van der Waals surface area contributed by atoms with Crippen molar-refractivity contribution in [2.75, 3.05) is 16.2 Å². The van der Waals surface area contributed by atoms with Crippen LogP contribution in [0.3, 0.4) is 0 Å². The number of amides is 1. The Balaban J connectivity index is 1.96. The first kappa shape index (κ1) is 18.1. The van der Waals surface area contributed by atoms with Crippen molar-refractivity contribution < 1.29 is 13.2 Å². The standard InChI is InChI=1S/C17H17ClN2O3S2/c1-11-10-20(12(2)21)16-9-15(7-8-17(16)24-11)25(22,23)19-14-5-3-13(18)4-6-14/h3-9,11,19H,10H2,1-2H3/t11-/m1/s1. The summed E-state index contributed by atoms with van der Waals surface area (Å²) in [5, 5.41) is 0.783. The summed E-state index contributed by atoms with van der Waals surface area (Å²) in [7, 11) is -3.76. The topological polar surface area (TPSA) is 66.5 Å². The molecule has 1 heterocycles. The van der Waals surface area contributed by atoms with E-state index in [0.29, 0.717) is 22.9 Å². The van der Waals surface area contributed by atoms with Crippen LogP contribution in [0.1, 0.15) is 13.8 Å². The van der Waals surface area contributed by atoms with E-state index < -0.39 is 10.0 Å². The van der Waals surface area contributed by atoms with Crippen molar-refractivity contribution in [2.24, 2.45) is 0 Å². The number of nitrogens with one attached hydrogen (secondary N) is 1. The van der Waals surface area contributed by atoms with Crippen molar-refractivity contribution >= 4 is 50.7 Å². The highest BCUT2D eigenvalue weighted by Crippen LogP contribution is 2.39. The van der Waals surface area contributed by atoms with Gasteiger partial charge in [0.05, 0.1) is 10.6 Å². The molecule has 5 nitrogen and oxygen atoms in total. The summed E-state index contributed by atoms with van der Waals surface area (Å²) in [6.07, 6.45) is 0. The molecule has 25 heavy (non-hydrogen) atoms. The lowest BCUT2D eigenvalue weighted by Crippen LogP contribution is -2.37. The highest BCUT2D eigenvalue weighted by Gasteiger charge is 2.27. The van der Waals surface area contributed by atoms with Gasteiger partial charge in [0, 0.05) is 34.3 Å². The van der Waals surface area contributed by atoms with Crippen LogP contribution in [0, 0.1) is 0 Å². The highest BCUT2D eigenvalue weighted by atomic mass is 35.5. The Morgan fingerprint density at radius 1 is 1.24 bits per heavy atom. The molecule has 1 amide bonds. The molecule has 0 saturated carbocycles. The van der Waals surface area contributed by atoms with Crippen molar-refractivity contribution in [1.29, 1.82) is 0 Å². The number of thioether (sulfide) groups is 1. The van der Waals surface area contributed by atoms with Crippen LogP contribution < -0.4 is 9.62 Å². The predicted molar refractivity (Wildman–Crippen MR) is 102 cm³/mol. The molecular weight excluding hydrogens is 380 g/mol. The predicted octanol–water partition coefficient (Wildman–Crippen LogP) is 3.99. The second kappa shape index (κ2) is 6.90. The van der Waals surface area contributed by atoms with Gasteiger partial charge in [-0.25, -0.2) is 8.42 Å². The van der Waals surface area contributed by atoms with E-state index in [1.807, 2.05) is 6.92 Å². The second-order valence-electron chi connectivity index (χ2n) is 5.80. The van der Waals surface area contributed by atoms with Gasteiger partial charge in [-0.15, -0.1) is 11.8 Å². The van der Waals surface area contributed by atoms with Crippen molar-refractivity contribution in [1.82, 2.24) is 0 Å². The molecule has 0 aliphatic carbocycles. The number of rotatable bonds is 3. The van der Waals surface area contributed by atoms with Crippen LogP contribution in [0.2, 0.25) is 5.02 Å². The molecule has 0 aromatic heterocycles. The lowest BCUT2D eigenvalue weighted by Gasteiger charge is -2.32. The molecule has 0 radical (unpaired) electrons. The van der Waals surface area contributed by atoms with Gasteiger partial charge in [0.15, 0.2) is 0 Å². The fraction of sp³-hybridized carbons (Fsp3) is 0.235. The van der Waals surface area contributed by atoms with Crippen LogP contribution in [-0.4, -0.2) is 26.1 Å². The molecule has 0 fully saturated rings. The van der Waals surface area contributed by atoms with Gasteiger partial charge in [-0.05, 0) is 42.5 Å². The molecule has 1 N–H and O–H groups in total. The van der Waals surface area contributed by atoms with E-state index in [1.54, 1.807) is 59.1 Å². The summed E-state index contributed by atoms with van der Waals surface area (Å²) in [4.78, 5) is 14.6. The van der Waals surface area contributed by atoms with Crippen LogP contribution in [0.4, 0.5) is 11.4 Å². The molecule has 8 heteroatoms. The Morgan fingerprint density at radius 2 is 1.92 bits per heavy atom. The first-order valence-electron chi connectivity index (χ1n) is 7.63. The summed E-state index contributed by atoms with van der Waals surface area (Å²) in [5.41, 5.74) is 1.06. The quantitative estimate of drug-likeness (QED) is 0.851. The lowest BCUT2D eigenvalue weighted by atomic mass is 10.2. The molecule has 0 spiro atoms. The zero-order valence-electron chi connectivity index (χ0n) is 13.7. The van der Waals surface area contributed by atoms with Crippen LogP contribution >= 0.6 is 23.4 Å². The van der Waals surface area contributed by atoms with Gasteiger partial charge in [-0.1, -0.05) is 18.5 Å². The van der Waals surface area contributed by atoms with E-state index in [0.717, 1.165) is 4.90 Å². The van der Waals surface area contributed by atoms with E-state index >= 15 is 0 Å². The zero-order chi connectivity index (χ0) is 18.2. The van der Waals surface area contributed by atoms with E-state index in [-0.39, 0.29) is 16.1 Å². The van der Waals surface area contributed by atoms with E-state index in [9.17, 15) is 13.2 Å². The summed E-state index contributed by atoms with van der Waals surface area (Å²) in [6.45, 7) is 4.08. The largest absolute Gasteiger partial charge is 0.310 e. The smallest absolute Gasteiger partial charge is 0.261 e. The molecule has 0 saturated heterocycles. The first-order valence-corrected chi connectivity index (χ1v) is 10.4. The van der Waals surface area contributed by atoms with Gasteiger partial charge < -0.3 is 4.90 Å². The van der Waals surface area contributed by atoms with Gasteiger partial charge in [0.2, 0.25) is 5.91 Å². The van der Waals surface area contributed by atoms with Gasteiger partial charge in [0.25, 0.3) is 10.0 Å². The van der Waals surface area contributed by atoms with Gasteiger partial charge >= 0.3 is 0 Å². The fourth-order valence-corrected chi connectivity index (χ4v) is 4.91. The average molecular weight is 397 g/mol. The maximum atomic E-state index is 12.7. The molecule has 0 unspecified atom stereocenters. The Morgan fingerprint density at radius 3 is 2.56 bits per heavy atom. The third kappa shape index (κ3) is 3.94. The van der Waals surface area contributed by atoms with Crippen molar-refractivity contribution in [3.8, 4) is 0 Å². The minimum atomic E-state index is -3.76. The van der Waals surface area contributed by atoms with Gasteiger partial charge in [-0.2, -0.15) is 0 Å². The summed E-state index contributed by atoms with van der Waals surface area (Å²) < 4.78 is 27.8. The molecule has 0 bridgehead atoms. The molecular formula is C17H17ClN2O3S2. The Kier molecular flexibility index (Phi) is 4.99. The van der Waals surface area contributed by atoms with Crippen molar-refractivity contribution in [2.45, 2.75) is 28.9 Å². The van der Waals surface area contributed by atoms with E-state index in [4.69, 9.17) is 11.6 Å². The number of carbonyl (C=O) groups is 1. The highest BCUT2D eigenvalue weighted by molar-refractivity contribution is 8.00. The van der Waals surface area contributed by atoms with Crippen LogP contribution in [0.5, 0.6) is 0 Å². The number of hydrogen-bond donors (Lipinski definition) is 1. The third-order valence-electron chi connectivity index (χ3n) is 3.78. The summed E-state index contributed by atoms with van der Waals surface area (Å²) >= 11 is 7.45. The molecule has 1 aliphatic rings. The SMILES string of the molecule is CC(=O)N1C[C@@H](C)Sc2ccc(S(=O)(=O)Nc3ccc(Cl)cc3)cc21. The normalized spacial score (nSPS) is 17.1. The Hall–Kier alpha value is -1.70. The molecule has 1 atom stereocenters. The molecule has 132 valence electrons. The summed E-state index contributed by atoms with van der Waals surface area (Å²) in [6, 6.07) is 11.3. The van der Waals surface area contributed by atoms with E-state index in [2.05, 4.69) is 4.72 Å². The number of anilines is 2. The fourth-order valence-electron chi connectivity index (χ4n) is 2.61. The monoisotopic (exact) mass is 396 g/mol. The van der Waals surface area contributed by atoms with Crippen LogP contribution in [-0.2, 0) is 14.8 Å². The zero-order valence-corrected chi connectivity index (χ0v) is 16.1. The van der Waals surface area contributed by atoms with Crippen LogP contribution in [0.25, 0.3) is 0 Å². The first-order chi connectivity index (χ1) is 11.8. The number of fused-ring (bicyclic) bond motifs is 1. The number of nitrogens with zero attached hydrogens (tertiary/aromatic N) is 1. The average Bonchev–Trinajstić information content (AvgIpc) is 2.55. The molecule has 2 aromatic carbocycles. The maximum Gasteiger partial charge on any atom is 0.261 e. The van der Waals surface area contributed by atoms with E-state index in [1.165, 1.54) is 6.92 Å². The number of carbonyl (C=O) groups excluding carboxylic acids is 1. The van der Waals surface area contributed by atoms with Crippen molar-refractivity contribution in [3.05, 3.63) is 47.5 Å². The van der Waals surface area contributed by atoms with Crippen LogP contribution in [0.15, 0.2) is 52.3 Å². The summed E-state index contributed by atoms with van der Waals surface area (Å²) in [5.74, 6) is -0.103. The number of hydrogen-bond acceptors (Lipinski definition) is 4. The molecule has 1 aliphatic heterocycles. The molecule has 3 rings (SSSR count). The number of benzene rings is 2. The van der Waals surface area contributed by atoms with Gasteiger partial charge in [0.1, 0.15) is 0 Å². The van der Waals surface area contributed by atoms with Gasteiger partial charge in [-0.3, -0.25) is 9.52 Å². The maximum absolute atomic E-state index is 12.7. The number of sulfonamides is 1.